The Morgan fingerprint density at radius 1 is 1.26 bits per heavy atom. The number of rotatable bonds is 6. The molecule has 0 aromatic heterocycles. The van der Waals surface area contributed by atoms with E-state index >= 15 is 0 Å². The van der Waals surface area contributed by atoms with Crippen LogP contribution in [-0.4, -0.2) is 26.5 Å². The lowest BCUT2D eigenvalue weighted by molar-refractivity contribution is 0.524. The predicted molar refractivity (Wildman–Crippen MR) is 71.8 cm³/mol. The Balaban J connectivity index is 2.69. The van der Waals surface area contributed by atoms with Gasteiger partial charge in [-0.3, -0.25) is 0 Å². The highest BCUT2D eigenvalue weighted by Crippen LogP contribution is 2.20. The van der Waals surface area contributed by atoms with E-state index in [9.17, 15) is 17.2 Å². The summed E-state index contributed by atoms with van der Waals surface area (Å²) in [5.41, 5.74) is 0.457. The number of halogens is 2. The molecule has 0 bridgehead atoms. The smallest absolute Gasteiger partial charge is 0.151 e. The second kappa shape index (κ2) is 6.43. The third-order valence-electron chi connectivity index (χ3n) is 3.05. The molecule has 0 radical (unpaired) electrons. The van der Waals surface area contributed by atoms with Crippen LogP contribution < -0.4 is 5.32 Å². The van der Waals surface area contributed by atoms with Crippen LogP contribution in [0.2, 0.25) is 0 Å². The fourth-order valence-electron chi connectivity index (χ4n) is 1.68. The molecule has 0 fully saturated rings. The summed E-state index contributed by atoms with van der Waals surface area (Å²) < 4.78 is 49.7. The molecule has 0 amide bonds. The first kappa shape index (κ1) is 16.0. The van der Waals surface area contributed by atoms with Gasteiger partial charge in [-0.1, -0.05) is 6.92 Å². The molecule has 1 atom stereocenters. The van der Waals surface area contributed by atoms with Crippen molar-refractivity contribution in [2.45, 2.75) is 26.8 Å². The van der Waals surface area contributed by atoms with Crippen molar-refractivity contribution in [2.75, 3.05) is 18.1 Å². The molecule has 0 spiro atoms. The number of hydrogen-bond donors (Lipinski definition) is 1. The molecule has 0 heterocycles. The summed E-state index contributed by atoms with van der Waals surface area (Å²) in [7, 11) is -3.05. The van der Waals surface area contributed by atoms with Crippen LogP contribution in [0.5, 0.6) is 0 Å². The summed E-state index contributed by atoms with van der Waals surface area (Å²) in [5.74, 6) is -0.885. The number of nitrogens with one attached hydrogen (secondary N) is 1. The van der Waals surface area contributed by atoms with Gasteiger partial charge in [0.1, 0.15) is 11.6 Å². The Kier molecular flexibility index (Phi) is 5.43. The minimum absolute atomic E-state index is 0.0101. The summed E-state index contributed by atoms with van der Waals surface area (Å²) in [4.78, 5) is 0. The molecule has 0 aliphatic heterocycles. The molecule has 1 N–H and O–H groups in total. The molecule has 0 saturated heterocycles. The van der Waals surface area contributed by atoms with Crippen molar-refractivity contribution in [3.05, 3.63) is 34.9 Å². The van der Waals surface area contributed by atoms with Crippen LogP contribution in [0, 0.1) is 18.6 Å². The Morgan fingerprint density at radius 3 is 2.47 bits per heavy atom. The monoisotopic (exact) mass is 291 g/mol. The van der Waals surface area contributed by atoms with Crippen LogP contribution in [0.3, 0.4) is 0 Å². The molecular formula is C13H19F2NO2S. The number of sulfone groups is 1. The Hall–Kier alpha value is -1.01. The standard InChI is InChI=1S/C13H19F2NO2S/c1-4-19(17,18)6-5-16-10(3)11-8-12(14)9(2)7-13(11)15/h7-8,10,16H,4-6H2,1-3H3. The lowest BCUT2D eigenvalue weighted by atomic mass is 10.1. The van der Waals surface area contributed by atoms with Crippen LogP contribution in [0.4, 0.5) is 8.78 Å². The molecule has 0 aliphatic carbocycles. The Morgan fingerprint density at radius 2 is 1.89 bits per heavy atom. The van der Waals surface area contributed by atoms with Crippen molar-refractivity contribution in [1.29, 1.82) is 0 Å². The Bertz CT molecular complexity index is 544. The molecular weight excluding hydrogens is 272 g/mol. The van der Waals surface area contributed by atoms with Crippen molar-refractivity contribution in [2.24, 2.45) is 0 Å². The van der Waals surface area contributed by atoms with E-state index in [1.54, 1.807) is 13.8 Å². The van der Waals surface area contributed by atoms with E-state index in [-0.39, 0.29) is 29.2 Å². The van der Waals surface area contributed by atoms with Gasteiger partial charge in [-0.2, -0.15) is 0 Å². The predicted octanol–water partition coefficient (Wildman–Crippen LogP) is 2.36. The quantitative estimate of drug-likeness (QED) is 0.875. The van der Waals surface area contributed by atoms with E-state index in [0.717, 1.165) is 12.1 Å². The van der Waals surface area contributed by atoms with Gasteiger partial charge in [0.05, 0.1) is 5.75 Å². The zero-order valence-electron chi connectivity index (χ0n) is 11.3. The van der Waals surface area contributed by atoms with Crippen molar-refractivity contribution >= 4 is 9.84 Å². The first-order valence-corrected chi connectivity index (χ1v) is 7.98. The van der Waals surface area contributed by atoms with Gasteiger partial charge in [-0.05, 0) is 31.5 Å². The summed E-state index contributed by atoms with van der Waals surface area (Å²) in [6.45, 7) is 4.96. The SMILES string of the molecule is CCS(=O)(=O)CCNC(C)c1cc(F)c(C)cc1F. The van der Waals surface area contributed by atoms with Gasteiger partial charge < -0.3 is 5.32 Å². The van der Waals surface area contributed by atoms with Gasteiger partial charge in [0, 0.05) is 23.9 Å². The van der Waals surface area contributed by atoms with Crippen molar-refractivity contribution in [3.63, 3.8) is 0 Å². The topological polar surface area (TPSA) is 46.2 Å². The van der Waals surface area contributed by atoms with Crippen molar-refractivity contribution < 1.29 is 17.2 Å². The highest BCUT2D eigenvalue weighted by molar-refractivity contribution is 7.91. The van der Waals surface area contributed by atoms with E-state index < -0.39 is 27.5 Å². The van der Waals surface area contributed by atoms with E-state index in [1.807, 2.05) is 0 Å². The lowest BCUT2D eigenvalue weighted by Crippen LogP contribution is -2.27. The van der Waals surface area contributed by atoms with Gasteiger partial charge >= 0.3 is 0 Å². The molecule has 0 aliphatic rings. The van der Waals surface area contributed by atoms with E-state index in [2.05, 4.69) is 5.32 Å². The Labute approximate surface area is 112 Å². The van der Waals surface area contributed by atoms with Crippen LogP contribution in [0.25, 0.3) is 0 Å². The second-order valence-electron chi connectivity index (χ2n) is 4.54. The third kappa shape index (κ3) is 4.54. The molecule has 1 aromatic carbocycles. The van der Waals surface area contributed by atoms with Gasteiger partial charge in [0.25, 0.3) is 0 Å². The molecule has 19 heavy (non-hydrogen) atoms. The minimum Gasteiger partial charge on any atom is -0.309 e. The third-order valence-corrected chi connectivity index (χ3v) is 4.75. The normalized spacial score (nSPS) is 13.5. The van der Waals surface area contributed by atoms with Crippen molar-refractivity contribution in [3.8, 4) is 0 Å². The zero-order valence-corrected chi connectivity index (χ0v) is 12.2. The van der Waals surface area contributed by atoms with Crippen LogP contribution >= 0.6 is 0 Å². The summed E-state index contributed by atoms with van der Waals surface area (Å²) in [6, 6.07) is 1.85. The number of aryl methyl sites for hydroxylation is 1. The van der Waals surface area contributed by atoms with Crippen LogP contribution in [0.1, 0.15) is 31.0 Å². The molecule has 1 rings (SSSR count). The average molecular weight is 291 g/mol. The summed E-state index contributed by atoms with van der Waals surface area (Å²) in [6.07, 6.45) is 0. The lowest BCUT2D eigenvalue weighted by Gasteiger charge is -2.15. The fraction of sp³-hybridized carbons (Fsp3) is 0.538. The highest BCUT2D eigenvalue weighted by Gasteiger charge is 2.14. The second-order valence-corrected chi connectivity index (χ2v) is 7.01. The van der Waals surface area contributed by atoms with Gasteiger partial charge in [0.15, 0.2) is 9.84 Å². The molecule has 6 heteroatoms. The minimum atomic E-state index is -3.05. The summed E-state index contributed by atoms with van der Waals surface area (Å²) in [5, 5.41) is 2.89. The molecule has 1 aromatic rings. The maximum Gasteiger partial charge on any atom is 0.151 e. The largest absolute Gasteiger partial charge is 0.309 e. The fourth-order valence-corrected chi connectivity index (χ4v) is 2.40. The van der Waals surface area contributed by atoms with Gasteiger partial charge in [0.2, 0.25) is 0 Å². The van der Waals surface area contributed by atoms with Crippen LogP contribution in [0.15, 0.2) is 12.1 Å². The maximum absolute atomic E-state index is 13.7. The average Bonchev–Trinajstić information content (AvgIpc) is 2.33. The van der Waals surface area contributed by atoms with Crippen molar-refractivity contribution in [1.82, 2.24) is 5.32 Å². The molecule has 108 valence electrons. The summed E-state index contributed by atoms with van der Waals surface area (Å²) >= 11 is 0. The van der Waals surface area contributed by atoms with Crippen LogP contribution in [-0.2, 0) is 9.84 Å². The van der Waals surface area contributed by atoms with Gasteiger partial charge in [-0.15, -0.1) is 0 Å². The maximum atomic E-state index is 13.7. The molecule has 0 saturated carbocycles. The van der Waals surface area contributed by atoms with E-state index in [1.165, 1.54) is 6.92 Å². The molecule has 1 unspecified atom stereocenters. The van der Waals surface area contributed by atoms with E-state index in [4.69, 9.17) is 0 Å². The first-order valence-electron chi connectivity index (χ1n) is 6.16. The zero-order chi connectivity index (χ0) is 14.6. The van der Waals surface area contributed by atoms with Gasteiger partial charge in [-0.25, -0.2) is 17.2 Å². The van der Waals surface area contributed by atoms with E-state index in [0.29, 0.717) is 0 Å². The highest BCUT2D eigenvalue weighted by atomic mass is 32.2. The first-order chi connectivity index (χ1) is 8.76. The molecule has 3 nitrogen and oxygen atoms in total. The number of hydrogen-bond acceptors (Lipinski definition) is 3. The number of benzene rings is 1.